The van der Waals surface area contributed by atoms with Crippen molar-refractivity contribution >= 4 is 35.1 Å². The first-order valence-corrected chi connectivity index (χ1v) is 8.25. The molecule has 1 aromatic carbocycles. The van der Waals surface area contributed by atoms with Crippen molar-refractivity contribution in [3.63, 3.8) is 0 Å². The predicted octanol–water partition coefficient (Wildman–Crippen LogP) is 2.25. The lowest BCUT2D eigenvalue weighted by molar-refractivity contribution is -0.384. The molecule has 0 aliphatic carbocycles. The van der Waals surface area contributed by atoms with Crippen LogP contribution in [0.4, 0.5) is 5.69 Å². The topological polar surface area (TPSA) is 125 Å². The summed E-state index contributed by atoms with van der Waals surface area (Å²) < 4.78 is 9.67. The number of carbonyl (C=O) groups is 3. The van der Waals surface area contributed by atoms with Crippen molar-refractivity contribution in [2.45, 2.75) is 32.7 Å². The maximum atomic E-state index is 12.3. The third kappa shape index (κ3) is 6.32. The number of benzene rings is 1. The van der Waals surface area contributed by atoms with Gasteiger partial charge in [0.1, 0.15) is 6.04 Å². The molecule has 0 fully saturated rings. The zero-order valence-corrected chi connectivity index (χ0v) is 15.1. The van der Waals surface area contributed by atoms with Gasteiger partial charge in [0, 0.05) is 18.6 Å². The molecule has 0 aliphatic rings. The van der Waals surface area contributed by atoms with Gasteiger partial charge in [-0.3, -0.25) is 19.7 Å². The van der Waals surface area contributed by atoms with Gasteiger partial charge in [-0.05, 0) is 26.3 Å². The second-order valence-electron chi connectivity index (χ2n) is 5.04. The van der Waals surface area contributed by atoms with Gasteiger partial charge < -0.3 is 14.8 Å². The first-order valence-electron chi connectivity index (χ1n) is 7.87. The molecule has 1 N–H and O–H groups in total. The van der Waals surface area contributed by atoms with Crippen LogP contribution in [-0.2, 0) is 19.1 Å². The normalized spacial score (nSPS) is 11.3. The van der Waals surface area contributed by atoms with Crippen molar-refractivity contribution in [1.29, 1.82) is 0 Å². The van der Waals surface area contributed by atoms with E-state index in [1.807, 2.05) is 0 Å². The average molecular weight is 387 g/mol. The molecule has 0 unspecified atom stereocenters. The summed E-state index contributed by atoms with van der Waals surface area (Å²) >= 11 is 5.91. The van der Waals surface area contributed by atoms with Gasteiger partial charge in [0.15, 0.2) is 0 Å². The van der Waals surface area contributed by atoms with Crippen LogP contribution < -0.4 is 5.32 Å². The highest BCUT2D eigenvalue weighted by molar-refractivity contribution is 6.34. The number of amides is 1. The maximum absolute atomic E-state index is 12.3. The van der Waals surface area contributed by atoms with Gasteiger partial charge in [-0.25, -0.2) is 4.79 Å². The second kappa shape index (κ2) is 10.3. The van der Waals surface area contributed by atoms with E-state index in [-0.39, 0.29) is 42.3 Å². The van der Waals surface area contributed by atoms with E-state index in [4.69, 9.17) is 21.1 Å². The molecule has 0 radical (unpaired) electrons. The SMILES string of the molecule is CCOC(=O)CC[C@@H](NC(=O)c1ccc([N+](=O)[O-])cc1Cl)C(=O)OCC. The fourth-order valence-electron chi connectivity index (χ4n) is 2.02. The van der Waals surface area contributed by atoms with Crippen LogP contribution in [0.15, 0.2) is 18.2 Å². The van der Waals surface area contributed by atoms with Crippen LogP contribution in [-0.4, -0.2) is 42.0 Å². The lowest BCUT2D eigenvalue weighted by atomic mass is 10.1. The van der Waals surface area contributed by atoms with Gasteiger partial charge in [-0.2, -0.15) is 0 Å². The minimum absolute atomic E-state index is 0.0198. The zero-order chi connectivity index (χ0) is 19.7. The van der Waals surface area contributed by atoms with Gasteiger partial charge in [-0.15, -0.1) is 0 Å². The molecule has 1 amide bonds. The van der Waals surface area contributed by atoms with Crippen LogP contribution in [0.1, 0.15) is 37.0 Å². The lowest BCUT2D eigenvalue weighted by Crippen LogP contribution is -2.42. The Morgan fingerprint density at radius 3 is 2.42 bits per heavy atom. The largest absolute Gasteiger partial charge is 0.466 e. The van der Waals surface area contributed by atoms with Crippen molar-refractivity contribution in [3.8, 4) is 0 Å². The van der Waals surface area contributed by atoms with Crippen molar-refractivity contribution in [1.82, 2.24) is 5.32 Å². The Bertz CT molecular complexity index is 693. The van der Waals surface area contributed by atoms with Gasteiger partial charge >= 0.3 is 11.9 Å². The molecule has 9 nitrogen and oxygen atoms in total. The number of hydrogen-bond acceptors (Lipinski definition) is 7. The number of nitrogens with zero attached hydrogens (tertiary/aromatic N) is 1. The number of non-ortho nitro benzene ring substituents is 1. The van der Waals surface area contributed by atoms with Crippen molar-refractivity contribution < 1.29 is 28.8 Å². The fourth-order valence-corrected chi connectivity index (χ4v) is 2.29. The van der Waals surface area contributed by atoms with Crippen LogP contribution in [0.25, 0.3) is 0 Å². The molecule has 0 bridgehead atoms. The molecule has 142 valence electrons. The van der Waals surface area contributed by atoms with E-state index in [1.54, 1.807) is 13.8 Å². The third-order valence-corrected chi connectivity index (χ3v) is 3.54. The fraction of sp³-hybridized carbons (Fsp3) is 0.438. The van der Waals surface area contributed by atoms with Gasteiger partial charge in [-0.1, -0.05) is 11.6 Å². The molecular formula is C16H19ClN2O7. The number of ether oxygens (including phenoxy) is 2. The zero-order valence-electron chi connectivity index (χ0n) is 14.3. The Morgan fingerprint density at radius 2 is 1.88 bits per heavy atom. The van der Waals surface area contributed by atoms with Crippen LogP contribution in [0.3, 0.4) is 0 Å². The van der Waals surface area contributed by atoms with E-state index in [9.17, 15) is 24.5 Å². The van der Waals surface area contributed by atoms with Gasteiger partial charge in [0.25, 0.3) is 11.6 Å². The van der Waals surface area contributed by atoms with E-state index < -0.39 is 28.8 Å². The van der Waals surface area contributed by atoms with E-state index in [0.717, 1.165) is 12.1 Å². The second-order valence-corrected chi connectivity index (χ2v) is 5.45. The van der Waals surface area contributed by atoms with Crippen LogP contribution in [0.5, 0.6) is 0 Å². The molecule has 0 aliphatic heterocycles. The number of carbonyl (C=O) groups excluding carboxylic acids is 3. The molecular weight excluding hydrogens is 368 g/mol. The Kier molecular flexibility index (Phi) is 8.50. The van der Waals surface area contributed by atoms with Gasteiger partial charge in [0.05, 0.1) is 28.7 Å². The highest BCUT2D eigenvalue weighted by Gasteiger charge is 2.25. The summed E-state index contributed by atoms with van der Waals surface area (Å²) in [5, 5.41) is 13.0. The molecule has 0 saturated carbocycles. The minimum Gasteiger partial charge on any atom is -0.466 e. The first-order chi connectivity index (χ1) is 12.3. The minimum atomic E-state index is -1.09. The number of esters is 2. The number of nitro benzene ring substituents is 1. The summed E-state index contributed by atoms with van der Waals surface area (Å²) in [5.41, 5.74) is -0.307. The Balaban J connectivity index is 2.88. The lowest BCUT2D eigenvalue weighted by Gasteiger charge is -2.17. The Labute approximate surface area is 154 Å². The molecule has 10 heteroatoms. The summed E-state index contributed by atoms with van der Waals surface area (Å²) in [6, 6.07) is 2.26. The summed E-state index contributed by atoms with van der Waals surface area (Å²) in [4.78, 5) is 45.9. The number of halogens is 1. The van der Waals surface area contributed by atoms with Crippen molar-refractivity contribution in [3.05, 3.63) is 38.9 Å². The quantitative estimate of drug-likeness (QED) is 0.392. The third-order valence-electron chi connectivity index (χ3n) is 3.23. The number of rotatable bonds is 9. The van der Waals surface area contributed by atoms with Crippen LogP contribution >= 0.6 is 11.6 Å². The standard InChI is InChI=1S/C16H19ClN2O7/c1-3-25-14(20)8-7-13(16(22)26-4-2)18-15(21)11-6-5-10(19(23)24)9-12(11)17/h5-6,9,13H,3-4,7-8H2,1-2H3,(H,18,21)/t13-/m1/s1. The highest BCUT2D eigenvalue weighted by atomic mass is 35.5. The van der Waals surface area contributed by atoms with Crippen LogP contribution in [0.2, 0.25) is 5.02 Å². The highest BCUT2D eigenvalue weighted by Crippen LogP contribution is 2.22. The molecule has 26 heavy (non-hydrogen) atoms. The molecule has 0 aromatic heterocycles. The van der Waals surface area contributed by atoms with Crippen molar-refractivity contribution in [2.24, 2.45) is 0 Å². The molecule has 1 atom stereocenters. The average Bonchev–Trinajstić information content (AvgIpc) is 2.58. The number of hydrogen-bond donors (Lipinski definition) is 1. The number of nitro groups is 1. The monoisotopic (exact) mass is 386 g/mol. The molecule has 0 spiro atoms. The van der Waals surface area contributed by atoms with E-state index >= 15 is 0 Å². The summed E-state index contributed by atoms with van der Waals surface area (Å²) in [5.74, 6) is -1.93. The van der Waals surface area contributed by atoms with Crippen molar-refractivity contribution in [2.75, 3.05) is 13.2 Å². The molecule has 0 saturated heterocycles. The maximum Gasteiger partial charge on any atom is 0.328 e. The molecule has 0 heterocycles. The summed E-state index contributed by atoms with van der Waals surface area (Å²) in [7, 11) is 0. The summed E-state index contributed by atoms with van der Waals surface area (Å²) in [6.07, 6.45) is -0.112. The molecule has 1 rings (SSSR count). The predicted molar refractivity (Wildman–Crippen MR) is 91.9 cm³/mol. The van der Waals surface area contributed by atoms with Gasteiger partial charge in [0.2, 0.25) is 0 Å². The van der Waals surface area contributed by atoms with E-state index in [1.165, 1.54) is 6.07 Å². The van der Waals surface area contributed by atoms with Crippen LogP contribution in [0, 0.1) is 10.1 Å². The first kappa shape index (κ1) is 21.4. The number of nitrogens with one attached hydrogen (secondary N) is 1. The van der Waals surface area contributed by atoms with E-state index in [2.05, 4.69) is 5.32 Å². The Hall–Kier alpha value is -2.68. The van der Waals surface area contributed by atoms with E-state index in [0.29, 0.717) is 0 Å². The summed E-state index contributed by atoms with van der Waals surface area (Å²) in [6.45, 7) is 3.56. The Morgan fingerprint density at radius 1 is 1.23 bits per heavy atom. The molecule has 1 aromatic rings. The smallest absolute Gasteiger partial charge is 0.328 e.